The second-order valence-electron chi connectivity index (χ2n) is 8.96. The molecule has 0 aliphatic rings. The van der Waals surface area contributed by atoms with Crippen LogP contribution < -0.4 is 0 Å². The number of aliphatic hydroxyl groups excluding tert-OH is 1. The minimum atomic E-state index is -1.82. The van der Waals surface area contributed by atoms with E-state index in [0.717, 1.165) is 0 Å². The summed E-state index contributed by atoms with van der Waals surface area (Å²) in [5.41, 5.74) is 0. The lowest BCUT2D eigenvalue weighted by atomic mass is 10.2. The molecule has 130 valence electrons. The highest BCUT2D eigenvalue weighted by molar-refractivity contribution is 6.74. The van der Waals surface area contributed by atoms with Crippen molar-refractivity contribution in [3.63, 3.8) is 0 Å². The van der Waals surface area contributed by atoms with Crippen molar-refractivity contribution in [2.45, 2.75) is 83.9 Å². The molecule has 0 aromatic heterocycles. The Hall–Kier alpha value is -0.126. The molecular weight excluding hydrogens is 308 g/mol. The zero-order chi connectivity index (χ0) is 17.8. The molecule has 5 heteroatoms. The van der Waals surface area contributed by atoms with E-state index < -0.39 is 22.7 Å². The quantitative estimate of drug-likeness (QED) is 0.593. The first-order chi connectivity index (χ1) is 9.60. The average molecular weight is 345 g/mol. The molecule has 1 N–H and O–H groups in total. The lowest BCUT2D eigenvalue weighted by Crippen LogP contribution is -2.42. The minimum absolute atomic E-state index is 0.144. The molecule has 0 bridgehead atoms. The zero-order valence-corrected chi connectivity index (χ0v) is 18.3. The van der Waals surface area contributed by atoms with Crippen LogP contribution in [0.15, 0.2) is 0 Å². The molecular formula is C17H36O3Si2. The van der Waals surface area contributed by atoms with Gasteiger partial charge in [0.2, 0.25) is 0 Å². The predicted molar refractivity (Wildman–Crippen MR) is 100 cm³/mol. The van der Waals surface area contributed by atoms with Crippen molar-refractivity contribution >= 4 is 16.6 Å². The molecule has 3 nitrogen and oxygen atoms in total. The summed E-state index contributed by atoms with van der Waals surface area (Å²) in [7, 11) is -3.58. The van der Waals surface area contributed by atoms with E-state index in [-0.39, 0.29) is 16.7 Å². The molecule has 1 atom stereocenters. The first kappa shape index (κ1) is 21.9. The van der Waals surface area contributed by atoms with Crippen molar-refractivity contribution in [1.29, 1.82) is 0 Å². The Morgan fingerprint density at radius 3 is 1.68 bits per heavy atom. The highest BCUT2D eigenvalue weighted by atomic mass is 28.4. The summed E-state index contributed by atoms with van der Waals surface area (Å²) in [6.07, 6.45) is -0.739. The summed E-state index contributed by atoms with van der Waals surface area (Å²) >= 11 is 0. The number of rotatable bonds is 5. The van der Waals surface area contributed by atoms with Crippen LogP contribution in [-0.4, -0.2) is 41.1 Å². The van der Waals surface area contributed by atoms with E-state index >= 15 is 0 Å². The second kappa shape index (κ2) is 7.63. The van der Waals surface area contributed by atoms with Crippen molar-refractivity contribution in [3.8, 4) is 11.8 Å². The van der Waals surface area contributed by atoms with Gasteiger partial charge < -0.3 is 14.0 Å². The van der Waals surface area contributed by atoms with E-state index in [1.54, 1.807) is 0 Å². The van der Waals surface area contributed by atoms with Gasteiger partial charge in [-0.2, -0.15) is 0 Å². The van der Waals surface area contributed by atoms with Gasteiger partial charge >= 0.3 is 0 Å². The predicted octanol–water partition coefficient (Wildman–Crippen LogP) is 4.39. The number of aliphatic hydroxyl groups is 1. The maximum Gasteiger partial charge on any atom is 0.193 e. The summed E-state index contributed by atoms with van der Waals surface area (Å²) in [6, 6.07) is 0. The smallest absolute Gasteiger partial charge is 0.193 e. The van der Waals surface area contributed by atoms with Gasteiger partial charge in [0.15, 0.2) is 16.6 Å². The molecule has 0 spiro atoms. The van der Waals surface area contributed by atoms with Crippen LogP contribution in [0.25, 0.3) is 0 Å². The molecule has 0 aliphatic heterocycles. The van der Waals surface area contributed by atoms with E-state index in [0.29, 0.717) is 6.61 Å². The molecule has 0 aromatic rings. The van der Waals surface area contributed by atoms with Gasteiger partial charge in [-0.15, -0.1) is 0 Å². The maximum absolute atomic E-state index is 9.95. The third-order valence-corrected chi connectivity index (χ3v) is 14.0. The van der Waals surface area contributed by atoms with Gasteiger partial charge in [0.1, 0.15) is 6.10 Å². The third kappa shape index (κ3) is 6.97. The van der Waals surface area contributed by atoms with Crippen molar-refractivity contribution in [3.05, 3.63) is 0 Å². The average Bonchev–Trinajstić information content (AvgIpc) is 2.29. The minimum Gasteiger partial charge on any atom is -0.413 e. The Morgan fingerprint density at radius 2 is 1.27 bits per heavy atom. The summed E-state index contributed by atoms with van der Waals surface area (Å²) in [4.78, 5) is 0. The Morgan fingerprint density at radius 1 is 0.864 bits per heavy atom. The molecule has 0 heterocycles. The van der Waals surface area contributed by atoms with E-state index in [4.69, 9.17) is 8.85 Å². The Labute approximate surface area is 140 Å². The van der Waals surface area contributed by atoms with Gasteiger partial charge in [-0.05, 0) is 36.3 Å². The van der Waals surface area contributed by atoms with Gasteiger partial charge in [0.05, 0.1) is 13.2 Å². The van der Waals surface area contributed by atoms with E-state index in [9.17, 15) is 5.11 Å². The van der Waals surface area contributed by atoms with Gasteiger partial charge in [0, 0.05) is 0 Å². The Kier molecular flexibility index (Phi) is 7.59. The van der Waals surface area contributed by atoms with Gasteiger partial charge in [-0.1, -0.05) is 53.4 Å². The van der Waals surface area contributed by atoms with Crippen LogP contribution in [0, 0.1) is 11.8 Å². The molecule has 0 saturated carbocycles. The van der Waals surface area contributed by atoms with E-state index in [1.165, 1.54) is 0 Å². The van der Waals surface area contributed by atoms with E-state index in [2.05, 4.69) is 79.6 Å². The molecule has 0 rings (SSSR count). The Bertz CT molecular complexity index is 406. The zero-order valence-electron chi connectivity index (χ0n) is 16.3. The highest BCUT2D eigenvalue weighted by Crippen LogP contribution is 2.37. The molecule has 0 saturated heterocycles. The van der Waals surface area contributed by atoms with Crippen LogP contribution >= 0.6 is 0 Å². The van der Waals surface area contributed by atoms with Gasteiger partial charge in [0.25, 0.3) is 0 Å². The third-order valence-electron chi connectivity index (χ3n) is 4.99. The van der Waals surface area contributed by atoms with E-state index in [1.807, 2.05) is 0 Å². The second-order valence-corrected chi connectivity index (χ2v) is 18.6. The van der Waals surface area contributed by atoms with Crippen LogP contribution in [0.3, 0.4) is 0 Å². The summed E-state index contributed by atoms with van der Waals surface area (Å²) in [5.74, 6) is 5.77. The number of hydrogen-bond acceptors (Lipinski definition) is 3. The van der Waals surface area contributed by atoms with Crippen LogP contribution in [0.2, 0.25) is 36.3 Å². The highest BCUT2D eigenvalue weighted by Gasteiger charge is 2.38. The summed E-state index contributed by atoms with van der Waals surface area (Å²) in [6.45, 7) is 22.6. The van der Waals surface area contributed by atoms with Gasteiger partial charge in [-0.25, -0.2) is 0 Å². The van der Waals surface area contributed by atoms with Crippen LogP contribution in [0.4, 0.5) is 0 Å². The monoisotopic (exact) mass is 344 g/mol. The molecule has 1 unspecified atom stereocenters. The first-order valence-electron chi connectivity index (χ1n) is 8.04. The summed E-state index contributed by atoms with van der Waals surface area (Å²) < 4.78 is 11.9. The van der Waals surface area contributed by atoms with Crippen LogP contribution in [-0.2, 0) is 8.85 Å². The van der Waals surface area contributed by atoms with Crippen molar-refractivity contribution in [1.82, 2.24) is 0 Å². The lowest BCUT2D eigenvalue weighted by Gasteiger charge is -2.36. The fraction of sp³-hybridized carbons (Fsp3) is 0.882. The Balaban J connectivity index is 4.35. The van der Waals surface area contributed by atoms with Crippen molar-refractivity contribution < 1.29 is 14.0 Å². The standard InChI is InChI=1S/C17H36O3Si2/c1-16(2,3)21(7,8)19-13-11-12-15(18)14-20-22(9,10)17(4,5)6/h15,18H,13-14H2,1-10H3. The first-order valence-corrected chi connectivity index (χ1v) is 13.9. The molecule has 0 aromatic carbocycles. The number of hydrogen-bond donors (Lipinski definition) is 1. The fourth-order valence-corrected chi connectivity index (χ4v) is 3.01. The summed E-state index contributed by atoms with van der Waals surface area (Å²) in [5, 5.41) is 10.3. The maximum atomic E-state index is 9.95. The van der Waals surface area contributed by atoms with Crippen LogP contribution in [0.5, 0.6) is 0 Å². The topological polar surface area (TPSA) is 38.7 Å². The normalized spacial score (nSPS) is 15.2. The lowest BCUT2D eigenvalue weighted by molar-refractivity contribution is 0.142. The molecule has 0 radical (unpaired) electrons. The van der Waals surface area contributed by atoms with Crippen molar-refractivity contribution in [2.75, 3.05) is 13.2 Å². The molecule has 0 amide bonds. The van der Waals surface area contributed by atoms with Gasteiger partial charge in [-0.3, -0.25) is 0 Å². The molecule has 0 fully saturated rings. The largest absolute Gasteiger partial charge is 0.413 e. The molecule has 0 aliphatic carbocycles. The molecule has 22 heavy (non-hydrogen) atoms. The fourth-order valence-electron chi connectivity index (χ4n) is 1.14. The SMILES string of the molecule is CC(C)(C)[Si](C)(C)OCC#CC(O)CO[Si](C)(C)C(C)(C)C. The van der Waals surface area contributed by atoms with Crippen LogP contribution in [0.1, 0.15) is 41.5 Å². The van der Waals surface area contributed by atoms with Crippen molar-refractivity contribution in [2.24, 2.45) is 0 Å².